The Balaban J connectivity index is 2.08. The van der Waals surface area contributed by atoms with Gasteiger partial charge >= 0.3 is 0 Å². The molecule has 0 saturated heterocycles. The SMILES string of the molecule is CS(=O)(=O)Nc1cccc(-n2ccc3cc[c]cc32)c1. The van der Waals surface area contributed by atoms with Gasteiger partial charge in [-0.05, 0) is 41.8 Å². The monoisotopic (exact) mass is 285 g/mol. The predicted molar refractivity (Wildman–Crippen MR) is 80.6 cm³/mol. The highest BCUT2D eigenvalue weighted by Crippen LogP contribution is 2.22. The second-order valence-corrected chi connectivity index (χ2v) is 6.34. The van der Waals surface area contributed by atoms with Crippen LogP contribution in [0.15, 0.2) is 54.7 Å². The molecule has 0 fully saturated rings. The van der Waals surface area contributed by atoms with Gasteiger partial charge in [-0.2, -0.15) is 0 Å². The van der Waals surface area contributed by atoms with Crippen LogP contribution in [0.5, 0.6) is 0 Å². The number of aromatic nitrogens is 1. The van der Waals surface area contributed by atoms with Crippen molar-refractivity contribution in [1.29, 1.82) is 0 Å². The molecule has 0 aliphatic carbocycles. The predicted octanol–water partition coefficient (Wildman–Crippen LogP) is 2.80. The molecule has 0 amide bonds. The fourth-order valence-corrected chi connectivity index (χ4v) is 2.73. The van der Waals surface area contributed by atoms with Crippen molar-refractivity contribution in [3.05, 3.63) is 60.8 Å². The minimum atomic E-state index is -3.27. The number of sulfonamides is 1. The lowest BCUT2D eigenvalue weighted by Crippen LogP contribution is -2.09. The number of nitrogens with zero attached hydrogens (tertiary/aromatic N) is 1. The zero-order chi connectivity index (χ0) is 14.2. The van der Waals surface area contributed by atoms with Crippen molar-refractivity contribution >= 4 is 26.6 Å². The Morgan fingerprint density at radius 3 is 2.85 bits per heavy atom. The molecule has 101 valence electrons. The summed E-state index contributed by atoms with van der Waals surface area (Å²) in [6.45, 7) is 0. The molecular formula is C15H13N2O2S. The van der Waals surface area contributed by atoms with Crippen molar-refractivity contribution in [3.8, 4) is 5.69 Å². The van der Waals surface area contributed by atoms with Gasteiger partial charge in [0.1, 0.15) is 0 Å². The van der Waals surface area contributed by atoms with E-state index in [0.29, 0.717) is 5.69 Å². The van der Waals surface area contributed by atoms with Crippen molar-refractivity contribution in [2.24, 2.45) is 0 Å². The van der Waals surface area contributed by atoms with Crippen molar-refractivity contribution in [3.63, 3.8) is 0 Å². The minimum Gasteiger partial charge on any atom is -0.316 e. The summed E-state index contributed by atoms with van der Waals surface area (Å²) < 4.78 is 27.1. The Bertz CT molecular complexity index is 866. The number of fused-ring (bicyclic) bond motifs is 1. The molecule has 0 aliphatic rings. The Hall–Kier alpha value is -2.27. The summed E-state index contributed by atoms with van der Waals surface area (Å²) in [4.78, 5) is 0. The Labute approximate surface area is 117 Å². The third-order valence-electron chi connectivity index (χ3n) is 2.97. The molecule has 2 aromatic carbocycles. The number of anilines is 1. The second kappa shape index (κ2) is 4.68. The lowest BCUT2D eigenvalue weighted by Gasteiger charge is -2.09. The molecule has 5 heteroatoms. The van der Waals surface area contributed by atoms with Crippen LogP contribution in [-0.4, -0.2) is 19.2 Å². The van der Waals surface area contributed by atoms with E-state index in [0.717, 1.165) is 22.8 Å². The third-order valence-corrected chi connectivity index (χ3v) is 3.57. The third kappa shape index (κ3) is 2.53. The first-order valence-electron chi connectivity index (χ1n) is 6.08. The molecule has 1 heterocycles. The van der Waals surface area contributed by atoms with E-state index in [9.17, 15) is 8.42 Å². The highest BCUT2D eigenvalue weighted by atomic mass is 32.2. The second-order valence-electron chi connectivity index (χ2n) is 4.60. The van der Waals surface area contributed by atoms with E-state index in [4.69, 9.17) is 0 Å². The van der Waals surface area contributed by atoms with E-state index in [1.54, 1.807) is 12.1 Å². The Kier molecular flexibility index (Phi) is 2.99. The van der Waals surface area contributed by atoms with Gasteiger partial charge < -0.3 is 4.57 Å². The molecule has 0 aliphatic heterocycles. The first-order chi connectivity index (χ1) is 9.53. The van der Waals surface area contributed by atoms with Gasteiger partial charge in [-0.1, -0.05) is 18.2 Å². The summed E-state index contributed by atoms with van der Waals surface area (Å²) in [6.07, 6.45) is 3.09. The largest absolute Gasteiger partial charge is 0.316 e. The van der Waals surface area contributed by atoms with E-state index < -0.39 is 10.0 Å². The van der Waals surface area contributed by atoms with Crippen LogP contribution in [0.2, 0.25) is 0 Å². The van der Waals surface area contributed by atoms with Gasteiger partial charge in [-0.15, -0.1) is 0 Å². The lowest BCUT2D eigenvalue weighted by molar-refractivity contribution is 0.607. The van der Waals surface area contributed by atoms with Crippen LogP contribution in [0, 0.1) is 6.07 Å². The molecule has 3 aromatic rings. The summed E-state index contributed by atoms with van der Waals surface area (Å²) >= 11 is 0. The van der Waals surface area contributed by atoms with E-state index in [1.807, 2.05) is 47.2 Å². The number of hydrogen-bond acceptors (Lipinski definition) is 2. The van der Waals surface area contributed by atoms with Gasteiger partial charge in [0.05, 0.1) is 17.5 Å². The average molecular weight is 285 g/mol. The standard InChI is InChI=1S/C15H13N2O2S/c1-20(18,19)16-13-6-4-7-14(11-13)17-10-9-12-5-2-3-8-15(12)17/h2,4-11,16H,1H3. The first kappa shape index (κ1) is 12.7. The first-order valence-corrected chi connectivity index (χ1v) is 7.97. The summed E-state index contributed by atoms with van der Waals surface area (Å²) in [5, 5.41) is 1.12. The normalized spacial score (nSPS) is 11.7. The van der Waals surface area contributed by atoms with Crippen molar-refractivity contribution in [2.75, 3.05) is 11.0 Å². The molecule has 0 bridgehead atoms. The van der Waals surface area contributed by atoms with Crippen LogP contribution in [0.4, 0.5) is 5.69 Å². The molecule has 20 heavy (non-hydrogen) atoms. The van der Waals surface area contributed by atoms with Crippen LogP contribution in [0.25, 0.3) is 16.6 Å². The van der Waals surface area contributed by atoms with Gasteiger partial charge in [0.25, 0.3) is 0 Å². The number of rotatable bonds is 3. The van der Waals surface area contributed by atoms with E-state index in [-0.39, 0.29) is 0 Å². The summed E-state index contributed by atoms with van der Waals surface area (Å²) in [6, 6.07) is 18.1. The molecule has 0 spiro atoms. The lowest BCUT2D eigenvalue weighted by atomic mass is 10.2. The zero-order valence-corrected chi connectivity index (χ0v) is 11.7. The van der Waals surface area contributed by atoms with E-state index >= 15 is 0 Å². The number of nitrogens with one attached hydrogen (secondary N) is 1. The number of hydrogen-bond donors (Lipinski definition) is 1. The smallest absolute Gasteiger partial charge is 0.229 e. The summed E-state index contributed by atoms with van der Waals surface area (Å²) in [5.74, 6) is 0. The Morgan fingerprint density at radius 2 is 2.05 bits per heavy atom. The fourth-order valence-electron chi connectivity index (χ4n) is 2.18. The maximum absolute atomic E-state index is 11.3. The summed E-state index contributed by atoms with van der Waals surface area (Å²) in [7, 11) is -3.27. The van der Waals surface area contributed by atoms with Crippen LogP contribution in [-0.2, 0) is 10.0 Å². The van der Waals surface area contributed by atoms with Crippen LogP contribution >= 0.6 is 0 Å². The highest BCUT2D eigenvalue weighted by Gasteiger charge is 2.05. The molecule has 1 aromatic heterocycles. The molecule has 0 atom stereocenters. The molecule has 4 nitrogen and oxygen atoms in total. The fraction of sp³-hybridized carbons (Fsp3) is 0.0667. The van der Waals surface area contributed by atoms with Gasteiger partial charge in [-0.25, -0.2) is 8.42 Å². The quantitative estimate of drug-likeness (QED) is 0.804. The zero-order valence-electron chi connectivity index (χ0n) is 10.9. The van der Waals surface area contributed by atoms with Gasteiger partial charge in [0.15, 0.2) is 0 Å². The maximum atomic E-state index is 11.3. The molecule has 1 N–H and O–H groups in total. The van der Waals surface area contributed by atoms with Crippen LogP contribution in [0.3, 0.4) is 0 Å². The van der Waals surface area contributed by atoms with Crippen LogP contribution in [0.1, 0.15) is 0 Å². The van der Waals surface area contributed by atoms with Gasteiger partial charge in [0, 0.05) is 11.9 Å². The van der Waals surface area contributed by atoms with Crippen molar-refractivity contribution < 1.29 is 8.42 Å². The van der Waals surface area contributed by atoms with Gasteiger partial charge in [0.2, 0.25) is 10.0 Å². The van der Waals surface area contributed by atoms with Crippen molar-refractivity contribution in [1.82, 2.24) is 4.57 Å². The molecule has 0 saturated carbocycles. The average Bonchev–Trinajstić information content (AvgIpc) is 2.81. The topological polar surface area (TPSA) is 51.1 Å². The summed E-state index contributed by atoms with van der Waals surface area (Å²) in [5.41, 5.74) is 2.48. The molecular weight excluding hydrogens is 272 g/mol. The Morgan fingerprint density at radius 1 is 1.20 bits per heavy atom. The minimum absolute atomic E-state index is 0.548. The maximum Gasteiger partial charge on any atom is 0.229 e. The molecule has 3 rings (SSSR count). The highest BCUT2D eigenvalue weighted by molar-refractivity contribution is 7.92. The van der Waals surface area contributed by atoms with Crippen LogP contribution < -0.4 is 4.72 Å². The van der Waals surface area contributed by atoms with Crippen molar-refractivity contribution in [2.45, 2.75) is 0 Å². The van der Waals surface area contributed by atoms with E-state index in [2.05, 4.69) is 10.8 Å². The molecule has 0 unspecified atom stereocenters. The molecule has 1 radical (unpaired) electrons. The van der Waals surface area contributed by atoms with E-state index in [1.165, 1.54) is 0 Å². The van der Waals surface area contributed by atoms with Gasteiger partial charge in [-0.3, -0.25) is 4.72 Å². The number of benzene rings is 2.